The number of nitrogens with zero attached hydrogens (tertiary/aromatic N) is 1. The van der Waals surface area contributed by atoms with Gasteiger partial charge in [-0.15, -0.1) is 0 Å². The maximum Gasteiger partial charge on any atom is 0.128 e. The van der Waals surface area contributed by atoms with Gasteiger partial charge >= 0.3 is 0 Å². The fourth-order valence-electron chi connectivity index (χ4n) is 3.90. The molecule has 1 saturated carbocycles. The molecule has 1 rings (SSSR count). The van der Waals surface area contributed by atoms with Gasteiger partial charge in [-0.05, 0) is 45.3 Å². The molecule has 0 saturated heterocycles. The molecule has 0 aliphatic heterocycles. The van der Waals surface area contributed by atoms with Crippen LogP contribution in [0.3, 0.4) is 0 Å². The largest absolute Gasteiger partial charge is 0.316 e. The molecule has 19 heavy (non-hydrogen) atoms. The second-order valence-corrected chi connectivity index (χ2v) is 6.65. The Hall–Kier alpha value is -0.820. The Morgan fingerprint density at radius 3 is 2.26 bits per heavy atom. The lowest BCUT2D eigenvalue weighted by atomic mass is 9.77. The van der Waals surface area contributed by atoms with Crippen LogP contribution in [0.2, 0.25) is 0 Å². The number of hydrogen-bond donors (Lipinski definition) is 0. The first-order chi connectivity index (χ1) is 8.86. The molecular formula is C18H32N+. The lowest BCUT2D eigenvalue weighted by Gasteiger charge is -2.48. The van der Waals surface area contributed by atoms with Crippen molar-refractivity contribution in [1.82, 2.24) is 0 Å². The highest BCUT2D eigenvalue weighted by molar-refractivity contribution is 5.10. The van der Waals surface area contributed by atoms with Crippen molar-refractivity contribution in [1.29, 1.82) is 0 Å². The van der Waals surface area contributed by atoms with Crippen molar-refractivity contribution in [3.8, 4) is 0 Å². The average Bonchev–Trinajstić information content (AvgIpc) is 2.37. The Bertz CT molecular complexity index is 362. The van der Waals surface area contributed by atoms with Crippen molar-refractivity contribution in [3.05, 3.63) is 36.5 Å². The van der Waals surface area contributed by atoms with Crippen LogP contribution in [0, 0.1) is 5.92 Å². The second kappa shape index (κ2) is 6.56. The smallest absolute Gasteiger partial charge is 0.128 e. The molecule has 0 aromatic carbocycles. The molecule has 1 nitrogen and oxygen atoms in total. The monoisotopic (exact) mass is 262 g/mol. The molecule has 108 valence electrons. The minimum atomic E-state index is 0.357. The standard InChI is InChI=1S/C18H32N/c1-8-15(5)16-12-10-11-13-18(16)19(6,7)17(9-2)14(3)4/h8-9,16-18H,2-3,10-13H2,1,4-7H3/q+1. The van der Waals surface area contributed by atoms with Gasteiger partial charge in [0, 0.05) is 12.3 Å². The quantitative estimate of drug-likeness (QED) is 0.497. The summed E-state index contributed by atoms with van der Waals surface area (Å²) in [5.41, 5.74) is 2.78. The van der Waals surface area contributed by atoms with Gasteiger partial charge in [0.05, 0.1) is 20.1 Å². The van der Waals surface area contributed by atoms with Crippen molar-refractivity contribution in [2.24, 2.45) is 5.92 Å². The molecule has 0 heterocycles. The zero-order valence-electron chi connectivity index (χ0n) is 13.6. The van der Waals surface area contributed by atoms with E-state index >= 15 is 0 Å². The Kier molecular flexibility index (Phi) is 5.61. The van der Waals surface area contributed by atoms with Gasteiger partial charge in [-0.25, -0.2) is 0 Å². The van der Waals surface area contributed by atoms with E-state index in [2.05, 4.69) is 60.2 Å². The third-order valence-electron chi connectivity index (χ3n) is 5.07. The van der Waals surface area contributed by atoms with E-state index < -0.39 is 0 Å². The summed E-state index contributed by atoms with van der Waals surface area (Å²) in [7, 11) is 4.71. The summed E-state index contributed by atoms with van der Waals surface area (Å²) in [6.07, 6.45) is 9.77. The maximum absolute atomic E-state index is 4.18. The first-order valence-corrected chi connectivity index (χ1v) is 7.60. The predicted molar refractivity (Wildman–Crippen MR) is 86.1 cm³/mol. The SMILES string of the molecule is C=CC(C(=C)C)[N+](C)(C)C1CCCCC1C(C)=CC. The number of rotatable bonds is 5. The van der Waals surface area contributed by atoms with E-state index in [0.29, 0.717) is 12.1 Å². The van der Waals surface area contributed by atoms with Gasteiger partial charge in [-0.3, -0.25) is 0 Å². The third kappa shape index (κ3) is 3.39. The molecule has 1 heteroatoms. The highest BCUT2D eigenvalue weighted by Gasteiger charge is 2.41. The molecule has 3 atom stereocenters. The van der Waals surface area contributed by atoms with Gasteiger partial charge in [0.15, 0.2) is 0 Å². The molecule has 0 spiro atoms. The van der Waals surface area contributed by atoms with Crippen molar-refractivity contribution in [2.45, 2.75) is 58.5 Å². The summed E-state index contributed by atoms with van der Waals surface area (Å²) in [4.78, 5) is 0. The van der Waals surface area contributed by atoms with Crippen LogP contribution in [0.15, 0.2) is 36.5 Å². The number of likely N-dealkylation sites (N-methyl/N-ethyl adjacent to an activating group) is 1. The summed E-state index contributed by atoms with van der Waals surface area (Å²) in [5, 5.41) is 0. The summed E-state index contributed by atoms with van der Waals surface area (Å²) in [6, 6.07) is 1.04. The molecular weight excluding hydrogens is 230 g/mol. The third-order valence-corrected chi connectivity index (χ3v) is 5.07. The fourth-order valence-corrected chi connectivity index (χ4v) is 3.90. The van der Waals surface area contributed by atoms with E-state index in [0.717, 1.165) is 10.4 Å². The fraction of sp³-hybridized carbons (Fsp3) is 0.667. The summed E-state index contributed by atoms with van der Waals surface area (Å²) < 4.78 is 0.995. The zero-order chi connectivity index (χ0) is 14.6. The number of allylic oxidation sites excluding steroid dienone is 1. The van der Waals surface area contributed by atoms with Crippen LogP contribution in [0.4, 0.5) is 0 Å². The molecule has 0 bridgehead atoms. The van der Waals surface area contributed by atoms with Gasteiger partial charge in [-0.2, -0.15) is 0 Å². The highest BCUT2D eigenvalue weighted by Crippen LogP contribution is 2.37. The maximum atomic E-state index is 4.18. The van der Waals surface area contributed by atoms with Crippen LogP contribution in [0.1, 0.15) is 46.5 Å². The molecule has 0 radical (unpaired) electrons. The summed E-state index contributed by atoms with van der Waals surface area (Å²) >= 11 is 0. The predicted octanol–water partition coefficient (Wildman–Crippen LogP) is 4.72. The van der Waals surface area contributed by atoms with Crippen molar-refractivity contribution >= 4 is 0 Å². The van der Waals surface area contributed by atoms with Crippen LogP contribution in [-0.4, -0.2) is 30.7 Å². The zero-order valence-corrected chi connectivity index (χ0v) is 13.6. The Morgan fingerprint density at radius 2 is 1.79 bits per heavy atom. The molecule has 0 aromatic rings. The second-order valence-electron chi connectivity index (χ2n) is 6.65. The molecule has 0 amide bonds. The Labute approximate surface area is 120 Å². The molecule has 1 fully saturated rings. The summed E-state index contributed by atoms with van der Waals surface area (Å²) in [6.45, 7) is 14.8. The van der Waals surface area contributed by atoms with Crippen LogP contribution in [0.5, 0.6) is 0 Å². The molecule has 1 aliphatic carbocycles. The van der Waals surface area contributed by atoms with Gasteiger partial charge in [0.2, 0.25) is 0 Å². The van der Waals surface area contributed by atoms with Crippen LogP contribution >= 0.6 is 0 Å². The summed E-state index contributed by atoms with van der Waals surface area (Å²) in [5.74, 6) is 0.718. The van der Waals surface area contributed by atoms with Crippen molar-refractivity contribution in [3.63, 3.8) is 0 Å². The van der Waals surface area contributed by atoms with Crippen LogP contribution in [-0.2, 0) is 0 Å². The topological polar surface area (TPSA) is 0 Å². The van der Waals surface area contributed by atoms with E-state index in [1.165, 1.54) is 31.3 Å². The minimum Gasteiger partial charge on any atom is -0.316 e. The van der Waals surface area contributed by atoms with Crippen LogP contribution < -0.4 is 0 Å². The lowest BCUT2D eigenvalue weighted by molar-refractivity contribution is -0.931. The molecule has 0 aromatic heterocycles. The van der Waals surface area contributed by atoms with Gasteiger partial charge < -0.3 is 4.48 Å². The number of hydrogen-bond acceptors (Lipinski definition) is 0. The van der Waals surface area contributed by atoms with Gasteiger partial charge in [0.25, 0.3) is 0 Å². The lowest BCUT2D eigenvalue weighted by Crippen LogP contribution is -2.59. The molecule has 3 unspecified atom stereocenters. The first-order valence-electron chi connectivity index (χ1n) is 7.60. The number of quaternary nitrogens is 1. The highest BCUT2D eigenvalue weighted by atomic mass is 15.4. The van der Waals surface area contributed by atoms with Gasteiger partial charge in [-0.1, -0.05) is 31.2 Å². The van der Waals surface area contributed by atoms with Crippen molar-refractivity contribution < 1.29 is 4.48 Å². The van der Waals surface area contributed by atoms with Crippen molar-refractivity contribution in [2.75, 3.05) is 14.1 Å². The van der Waals surface area contributed by atoms with E-state index in [-0.39, 0.29) is 0 Å². The Balaban J connectivity index is 3.07. The van der Waals surface area contributed by atoms with E-state index in [9.17, 15) is 0 Å². The van der Waals surface area contributed by atoms with E-state index in [1.54, 1.807) is 5.57 Å². The molecule has 0 N–H and O–H groups in total. The first kappa shape index (κ1) is 16.2. The minimum absolute atomic E-state index is 0.357. The Morgan fingerprint density at radius 1 is 1.21 bits per heavy atom. The normalized spacial score (nSPS) is 26.9. The van der Waals surface area contributed by atoms with E-state index in [4.69, 9.17) is 0 Å². The molecule has 1 aliphatic rings. The van der Waals surface area contributed by atoms with Crippen LogP contribution in [0.25, 0.3) is 0 Å². The van der Waals surface area contributed by atoms with E-state index in [1.807, 2.05) is 0 Å². The van der Waals surface area contributed by atoms with Gasteiger partial charge in [0.1, 0.15) is 6.04 Å². The average molecular weight is 262 g/mol.